The number of hydrogen-bond donors (Lipinski definition) is 2. The molecular formula is C17H16N4O. The minimum Gasteiger partial charge on any atom is -0.343 e. The summed E-state index contributed by atoms with van der Waals surface area (Å²) in [5.74, 6) is -0.0510. The van der Waals surface area contributed by atoms with E-state index < -0.39 is 0 Å². The molecule has 0 spiro atoms. The molecule has 0 saturated carbocycles. The lowest BCUT2D eigenvalue weighted by Crippen LogP contribution is -2.27. The highest BCUT2D eigenvalue weighted by Crippen LogP contribution is 2.21. The normalized spacial score (nSPS) is 11.9. The molecule has 0 aliphatic rings. The van der Waals surface area contributed by atoms with Gasteiger partial charge in [0.1, 0.15) is 6.33 Å². The van der Waals surface area contributed by atoms with Gasteiger partial charge in [0.15, 0.2) is 0 Å². The van der Waals surface area contributed by atoms with Gasteiger partial charge in [0.2, 0.25) is 5.82 Å². The van der Waals surface area contributed by atoms with E-state index in [9.17, 15) is 4.79 Å². The number of benzene rings is 2. The van der Waals surface area contributed by atoms with Crippen molar-refractivity contribution in [1.82, 2.24) is 20.5 Å². The molecule has 110 valence electrons. The second kappa shape index (κ2) is 6.22. The van der Waals surface area contributed by atoms with E-state index in [2.05, 4.69) is 44.8 Å². The minimum atomic E-state index is -0.267. The Morgan fingerprint density at radius 3 is 2.36 bits per heavy atom. The van der Waals surface area contributed by atoms with E-state index in [1.54, 1.807) is 0 Å². The molecule has 22 heavy (non-hydrogen) atoms. The van der Waals surface area contributed by atoms with Gasteiger partial charge in [0.25, 0.3) is 5.91 Å². The summed E-state index contributed by atoms with van der Waals surface area (Å²) in [6, 6.07) is 18.2. The third-order valence-corrected chi connectivity index (χ3v) is 3.50. The third-order valence-electron chi connectivity index (χ3n) is 3.50. The summed E-state index contributed by atoms with van der Waals surface area (Å²) in [7, 11) is 0. The Bertz CT molecular complexity index is 736. The average Bonchev–Trinajstić information content (AvgIpc) is 3.10. The summed E-state index contributed by atoms with van der Waals surface area (Å²) < 4.78 is 0. The van der Waals surface area contributed by atoms with Crippen molar-refractivity contribution >= 4 is 5.91 Å². The SMILES string of the molecule is C[C@H](NC(=O)c1ncn[nH]1)c1ccc(-c2ccccc2)cc1. The molecule has 1 atom stereocenters. The van der Waals surface area contributed by atoms with Crippen LogP contribution in [0.3, 0.4) is 0 Å². The smallest absolute Gasteiger partial charge is 0.289 e. The Kier molecular flexibility index (Phi) is 3.96. The summed E-state index contributed by atoms with van der Waals surface area (Å²) in [5.41, 5.74) is 3.36. The van der Waals surface area contributed by atoms with Crippen LogP contribution in [-0.2, 0) is 0 Å². The molecule has 1 aromatic heterocycles. The molecule has 0 bridgehead atoms. The summed E-state index contributed by atoms with van der Waals surface area (Å²) in [6.07, 6.45) is 1.31. The number of nitrogens with one attached hydrogen (secondary N) is 2. The highest BCUT2D eigenvalue weighted by atomic mass is 16.2. The summed E-state index contributed by atoms with van der Waals surface area (Å²) in [6.45, 7) is 1.94. The second-order valence-electron chi connectivity index (χ2n) is 5.02. The molecule has 5 heteroatoms. The van der Waals surface area contributed by atoms with Gasteiger partial charge in [0.05, 0.1) is 6.04 Å². The molecule has 0 saturated heterocycles. The number of nitrogens with zero attached hydrogens (tertiary/aromatic N) is 2. The first kappa shape index (κ1) is 14.0. The lowest BCUT2D eigenvalue weighted by Gasteiger charge is -2.14. The van der Waals surface area contributed by atoms with Crippen molar-refractivity contribution in [3.63, 3.8) is 0 Å². The van der Waals surface area contributed by atoms with Gasteiger partial charge in [0, 0.05) is 0 Å². The Hall–Kier alpha value is -2.95. The molecule has 2 aromatic carbocycles. The summed E-state index contributed by atoms with van der Waals surface area (Å²) in [5, 5.41) is 9.11. The van der Waals surface area contributed by atoms with Crippen LogP contribution in [0.5, 0.6) is 0 Å². The maximum atomic E-state index is 11.9. The Labute approximate surface area is 128 Å². The van der Waals surface area contributed by atoms with Crippen molar-refractivity contribution in [2.24, 2.45) is 0 Å². The van der Waals surface area contributed by atoms with Gasteiger partial charge >= 0.3 is 0 Å². The fraction of sp³-hybridized carbons (Fsp3) is 0.118. The van der Waals surface area contributed by atoms with Gasteiger partial charge in [-0.15, -0.1) is 0 Å². The molecule has 2 N–H and O–H groups in total. The molecule has 5 nitrogen and oxygen atoms in total. The largest absolute Gasteiger partial charge is 0.343 e. The van der Waals surface area contributed by atoms with Crippen LogP contribution in [0.25, 0.3) is 11.1 Å². The van der Waals surface area contributed by atoms with Crippen molar-refractivity contribution in [3.8, 4) is 11.1 Å². The quantitative estimate of drug-likeness (QED) is 0.776. The van der Waals surface area contributed by atoms with E-state index in [-0.39, 0.29) is 17.8 Å². The van der Waals surface area contributed by atoms with Crippen molar-refractivity contribution in [2.75, 3.05) is 0 Å². The zero-order chi connectivity index (χ0) is 15.4. The van der Waals surface area contributed by atoms with Crippen molar-refractivity contribution < 1.29 is 4.79 Å². The van der Waals surface area contributed by atoms with Crippen LogP contribution in [0.15, 0.2) is 60.9 Å². The van der Waals surface area contributed by atoms with Gasteiger partial charge in [-0.05, 0) is 23.6 Å². The monoisotopic (exact) mass is 292 g/mol. The first-order chi connectivity index (χ1) is 10.7. The van der Waals surface area contributed by atoms with Gasteiger partial charge < -0.3 is 5.32 Å². The number of carbonyl (C=O) groups excluding carboxylic acids is 1. The van der Waals surface area contributed by atoms with Crippen LogP contribution < -0.4 is 5.32 Å². The van der Waals surface area contributed by atoms with Crippen LogP contribution in [0, 0.1) is 0 Å². The molecule has 1 amide bonds. The average molecular weight is 292 g/mol. The Balaban J connectivity index is 1.71. The molecule has 3 aromatic rings. The second-order valence-corrected chi connectivity index (χ2v) is 5.02. The van der Waals surface area contributed by atoms with E-state index in [0.29, 0.717) is 0 Å². The number of hydrogen-bond acceptors (Lipinski definition) is 3. The molecule has 0 unspecified atom stereocenters. The number of aromatic nitrogens is 3. The van der Waals surface area contributed by atoms with Gasteiger partial charge in [-0.3, -0.25) is 9.89 Å². The number of carbonyl (C=O) groups is 1. The Morgan fingerprint density at radius 1 is 1.05 bits per heavy atom. The van der Waals surface area contributed by atoms with Crippen molar-refractivity contribution in [1.29, 1.82) is 0 Å². The first-order valence-corrected chi connectivity index (χ1v) is 7.05. The lowest BCUT2D eigenvalue weighted by molar-refractivity contribution is 0.0930. The van der Waals surface area contributed by atoms with Crippen molar-refractivity contribution in [3.05, 3.63) is 72.3 Å². The van der Waals surface area contributed by atoms with E-state index in [4.69, 9.17) is 0 Å². The highest BCUT2D eigenvalue weighted by Gasteiger charge is 2.13. The summed E-state index contributed by atoms with van der Waals surface area (Å²) in [4.78, 5) is 15.8. The van der Waals surface area contributed by atoms with Crippen LogP contribution in [-0.4, -0.2) is 21.1 Å². The predicted octanol–water partition coefficient (Wildman–Crippen LogP) is 2.96. The van der Waals surface area contributed by atoms with E-state index in [1.165, 1.54) is 11.9 Å². The predicted molar refractivity (Wildman–Crippen MR) is 84.1 cm³/mol. The van der Waals surface area contributed by atoms with Gasteiger partial charge in [-0.25, -0.2) is 4.98 Å². The molecule has 0 aliphatic heterocycles. The van der Waals surface area contributed by atoms with E-state index in [1.807, 2.05) is 37.3 Å². The first-order valence-electron chi connectivity index (χ1n) is 7.05. The van der Waals surface area contributed by atoms with Gasteiger partial charge in [-0.2, -0.15) is 5.10 Å². The fourth-order valence-corrected chi connectivity index (χ4v) is 2.26. The van der Waals surface area contributed by atoms with Crippen LogP contribution in [0.4, 0.5) is 0 Å². The highest BCUT2D eigenvalue weighted by molar-refractivity contribution is 5.90. The number of amides is 1. The maximum absolute atomic E-state index is 11.9. The molecular weight excluding hydrogens is 276 g/mol. The maximum Gasteiger partial charge on any atom is 0.289 e. The standard InChI is InChI=1S/C17H16N4O/c1-12(20-17(22)16-18-11-19-21-16)13-7-9-15(10-8-13)14-5-3-2-4-6-14/h2-12H,1H3,(H,20,22)(H,18,19,21)/t12-/m0/s1. The fourth-order valence-electron chi connectivity index (χ4n) is 2.26. The summed E-state index contributed by atoms with van der Waals surface area (Å²) >= 11 is 0. The van der Waals surface area contributed by atoms with Crippen LogP contribution in [0.1, 0.15) is 29.1 Å². The number of H-pyrrole nitrogens is 1. The Morgan fingerprint density at radius 2 is 1.73 bits per heavy atom. The lowest BCUT2D eigenvalue weighted by atomic mass is 10.0. The van der Waals surface area contributed by atoms with E-state index in [0.717, 1.165) is 11.1 Å². The molecule has 3 rings (SSSR count). The molecule has 0 fully saturated rings. The van der Waals surface area contributed by atoms with Crippen LogP contribution >= 0.6 is 0 Å². The molecule has 0 aliphatic carbocycles. The topological polar surface area (TPSA) is 70.7 Å². The van der Waals surface area contributed by atoms with Gasteiger partial charge in [-0.1, -0.05) is 54.6 Å². The zero-order valence-electron chi connectivity index (χ0n) is 12.2. The third kappa shape index (κ3) is 3.03. The zero-order valence-corrected chi connectivity index (χ0v) is 12.2. The molecule has 0 radical (unpaired) electrons. The molecule has 1 heterocycles. The number of aromatic amines is 1. The van der Waals surface area contributed by atoms with E-state index >= 15 is 0 Å². The minimum absolute atomic E-state index is 0.109. The van der Waals surface area contributed by atoms with Crippen LogP contribution in [0.2, 0.25) is 0 Å². The van der Waals surface area contributed by atoms with Crippen molar-refractivity contribution in [2.45, 2.75) is 13.0 Å². The number of rotatable bonds is 4.